The van der Waals surface area contributed by atoms with Crippen molar-refractivity contribution in [2.24, 2.45) is 5.41 Å². The highest BCUT2D eigenvalue weighted by molar-refractivity contribution is 5.78. The summed E-state index contributed by atoms with van der Waals surface area (Å²) in [5.74, 6) is -0.0185. The van der Waals surface area contributed by atoms with E-state index in [2.05, 4.69) is 36.1 Å². The van der Waals surface area contributed by atoms with Crippen LogP contribution in [-0.2, 0) is 20.7 Å². The SMILES string of the molecule is CCOC(=O)C1(Cc2ccccc2C)CCCN(C2CCOCC2)C1. The van der Waals surface area contributed by atoms with E-state index in [1.807, 2.05) is 6.92 Å². The van der Waals surface area contributed by atoms with Crippen molar-refractivity contribution in [1.29, 1.82) is 0 Å². The molecule has 0 amide bonds. The smallest absolute Gasteiger partial charge is 0.313 e. The van der Waals surface area contributed by atoms with Gasteiger partial charge in [-0.05, 0) is 63.6 Å². The maximum Gasteiger partial charge on any atom is 0.313 e. The van der Waals surface area contributed by atoms with Gasteiger partial charge in [0.05, 0.1) is 12.0 Å². The molecular weight excluding hydrogens is 314 g/mol. The molecule has 0 spiro atoms. The maximum absolute atomic E-state index is 13.0. The summed E-state index contributed by atoms with van der Waals surface area (Å²) in [5.41, 5.74) is 2.11. The van der Waals surface area contributed by atoms with Crippen molar-refractivity contribution < 1.29 is 14.3 Å². The van der Waals surface area contributed by atoms with Crippen molar-refractivity contribution in [3.8, 4) is 0 Å². The molecule has 4 nitrogen and oxygen atoms in total. The van der Waals surface area contributed by atoms with Gasteiger partial charge in [0.2, 0.25) is 0 Å². The molecule has 3 rings (SSSR count). The first-order valence-corrected chi connectivity index (χ1v) is 9.68. The minimum Gasteiger partial charge on any atom is -0.466 e. The van der Waals surface area contributed by atoms with Gasteiger partial charge in [-0.2, -0.15) is 0 Å². The number of ether oxygens (including phenoxy) is 2. The standard InChI is InChI=1S/C21H31NO3/c1-3-25-20(23)21(15-18-8-5-4-7-17(18)2)11-6-12-22(16-21)19-9-13-24-14-10-19/h4-5,7-8,19H,3,6,9-16H2,1-2H3. The fourth-order valence-corrected chi connectivity index (χ4v) is 4.37. The van der Waals surface area contributed by atoms with Crippen LogP contribution in [0.3, 0.4) is 0 Å². The summed E-state index contributed by atoms with van der Waals surface area (Å²) in [7, 11) is 0. The number of hydrogen-bond acceptors (Lipinski definition) is 4. The monoisotopic (exact) mass is 345 g/mol. The number of hydrogen-bond donors (Lipinski definition) is 0. The molecule has 138 valence electrons. The minimum absolute atomic E-state index is 0.0185. The first-order chi connectivity index (χ1) is 12.1. The van der Waals surface area contributed by atoms with Crippen molar-refractivity contribution in [3.63, 3.8) is 0 Å². The van der Waals surface area contributed by atoms with Crippen LogP contribution in [-0.4, -0.2) is 49.8 Å². The lowest BCUT2D eigenvalue weighted by atomic mass is 9.74. The van der Waals surface area contributed by atoms with Crippen LogP contribution in [0.15, 0.2) is 24.3 Å². The first kappa shape index (κ1) is 18.4. The zero-order valence-electron chi connectivity index (χ0n) is 15.6. The predicted octanol–water partition coefficient (Wildman–Crippen LogP) is 3.36. The van der Waals surface area contributed by atoms with Crippen LogP contribution in [0, 0.1) is 12.3 Å². The molecule has 0 saturated carbocycles. The molecule has 0 aliphatic carbocycles. The molecular formula is C21H31NO3. The number of likely N-dealkylation sites (tertiary alicyclic amines) is 1. The molecule has 0 radical (unpaired) electrons. The van der Waals surface area contributed by atoms with E-state index in [9.17, 15) is 4.79 Å². The van der Waals surface area contributed by atoms with Crippen LogP contribution in [0.2, 0.25) is 0 Å². The Balaban J connectivity index is 1.83. The lowest BCUT2D eigenvalue weighted by Crippen LogP contribution is -2.53. The Labute approximate surface area is 151 Å². The van der Waals surface area contributed by atoms with Gasteiger partial charge < -0.3 is 9.47 Å². The molecule has 2 aliphatic rings. The molecule has 1 aromatic carbocycles. The third-order valence-corrected chi connectivity index (χ3v) is 5.81. The fraction of sp³-hybridized carbons (Fsp3) is 0.667. The van der Waals surface area contributed by atoms with Crippen LogP contribution < -0.4 is 0 Å². The zero-order chi connectivity index (χ0) is 17.7. The van der Waals surface area contributed by atoms with E-state index in [1.165, 1.54) is 11.1 Å². The normalized spacial score (nSPS) is 25.7. The van der Waals surface area contributed by atoms with E-state index >= 15 is 0 Å². The van der Waals surface area contributed by atoms with Gasteiger partial charge in [0, 0.05) is 25.8 Å². The number of benzene rings is 1. The van der Waals surface area contributed by atoms with E-state index in [0.717, 1.165) is 58.4 Å². The minimum atomic E-state index is -0.418. The highest BCUT2D eigenvalue weighted by Crippen LogP contribution is 2.37. The Morgan fingerprint density at radius 2 is 2.08 bits per heavy atom. The highest BCUT2D eigenvalue weighted by atomic mass is 16.5. The second kappa shape index (κ2) is 8.33. The van der Waals surface area contributed by atoms with Gasteiger partial charge in [0.1, 0.15) is 0 Å². The Kier molecular flexibility index (Phi) is 6.13. The average Bonchev–Trinajstić information content (AvgIpc) is 2.65. The molecule has 0 aromatic heterocycles. The second-order valence-electron chi connectivity index (χ2n) is 7.52. The molecule has 2 saturated heterocycles. The van der Waals surface area contributed by atoms with E-state index in [1.54, 1.807) is 0 Å². The molecule has 1 unspecified atom stereocenters. The average molecular weight is 345 g/mol. The third kappa shape index (κ3) is 4.24. The molecule has 25 heavy (non-hydrogen) atoms. The molecule has 4 heteroatoms. The molecule has 2 heterocycles. The molecule has 0 bridgehead atoms. The number of carbonyl (C=O) groups is 1. The predicted molar refractivity (Wildman–Crippen MR) is 98.6 cm³/mol. The Morgan fingerprint density at radius 3 is 2.80 bits per heavy atom. The molecule has 1 aromatic rings. The van der Waals surface area contributed by atoms with E-state index in [0.29, 0.717) is 12.6 Å². The van der Waals surface area contributed by atoms with Crippen molar-refractivity contribution in [3.05, 3.63) is 35.4 Å². The summed E-state index contributed by atoms with van der Waals surface area (Å²) in [6.45, 7) is 8.05. The number of aryl methyl sites for hydroxylation is 1. The van der Waals surface area contributed by atoms with E-state index in [4.69, 9.17) is 9.47 Å². The second-order valence-corrected chi connectivity index (χ2v) is 7.52. The zero-order valence-corrected chi connectivity index (χ0v) is 15.6. The number of esters is 1. The Bertz CT molecular complexity index is 582. The van der Waals surface area contributed by atoms with Gasteiger partial charge in [0.15, 0.2) is 0 Å². The summed E-state index contributed by atoms with van der Waals surface area (Å²) in [6, 6.07) is 8.96. The lowest BCUT2D eigenvalue weighted by molar-refractivity contribution is -0.160. The molecule has 2 fully saturated rings. The van der Waals surface area contributed by atoms with E-state index < -0.39 is 5.41 Å². The first-order valence-electron chi connectivity index (χ1n) is 9.68. The Hall–Kier alpha value is -1.39. The maximum atomic E-state index is 13.0. The summed E-state index contributed by atoms with van der Waals surface area (Å²) >= 11 is 0. The number of carbonyl (C=O) groups excluding carboxylic acids is 1. The van der Waals surface area contributed by atoms with Crippen LogP contribution in [0.5, 0.6) is 0 Å². The van der Waals surface area contributed by atoms with E-state index in [-0.39, 0.29) is 5.97 Å². The highest BCUT2D eigenvalue weighted by Gasteiger charge is 2.45. The largest absolute Gasteiger partial charge is 0.466 e. The fourth-order valence-electron chi connectivity index (χ4n) is 4.37. The van der Waals surface area contributed by atoms with Crippen LogP contribution in [0.4, 0.5) is 0 Å². The summed E-state index contributed by atoms with van der Waals surface area (Å²) < 4.78 is 11.1. The van der Waals surface area contributed by atoms with Crippen molar-refractivity contribution >= 4 is 5.97 Å². The summed E-state index contributed by atoms with van der Waals surface area (Å²) in [6.07, 6.45) is 4.90. The van der Waals surface area contributed by atoms with Crippen molar-refractivity contribution in [2.45, 2.75) is 52.0 Å². The molecule has 1 atom stereocenters. The van der Waals surface area contributed by atoms with Crippen LogP contribution >= 0.6 is 0 Å². The van der Waals surface area contributed by atoms with Crippen LogP contribution in [0.25, 0.3) is 0 Å². The van der Waals surface area contributed by atoms with Crippen molar-refractivity contribution in [1.82, 2.24) is 4.90 Å². The lowest BCUT2D eigenvalue weighted by Gasteiger charge is -2.45. The van der Waals surface area contributed by atoms with Gasteiger partial charge in [-0.15, -0.1) is 0 Å². The quantitative estimate of drug-likeness (QED) is 0.767. The summed E-state index contributed by atoms with van der Waals surface area (Å²) in [5, 5.41) is 0. The topological polar surface area (TPSA) is 38.8 Å². The number of piperidine rings is 1. The van der Waals surface area contributed by atoms with Gasteiger partial charge in [0.25, 0.3) is 0 Å². The van der Waals surface area contributed by atoms with Crippen molar-refractivity contribution in [2.75, 3.05) is 32.9 Å². The molecule has 0 N–H and O–H groups in total. The number of nitrogens with zero attached hydrogens (tertiary/aromatic N) is 1. The van der Waals surface area contributed by atoms with Gasteiger partial charge >= 0.3 is 5.97 Å². The third-order valence-electron chi connectivity index (χ3n) is 5.81. The summed E-state index contributed by atoms with van der Waals surface area (Å²) in [4.78, 5) is 15.5. The van der Waals surface area contributed by atoms with Gasteiger partial charge in [-0.25, -0.2) is 0 Å². The Morgan fingerprint density at radius 1 is 1.32 bits per heavy atom. The number of rotatable bonds is 5. The molecule has 2 aliphatic heterocycles. The van der Waals surface area contributed by atoms with Crippen LogP contribution in [0.1, 0.15) is 43.7 Å². The van der Waals surface area contributed by atoms with Gasteiger partial charge in [-0.1, -0.05) is 24.3 Å². The van der Waals surface area contributed by atoms with Gasteiger partial charge in [-0.3, -0.25) is 9.69 Å².